The van der Waals surface area contributed by atoms with Crippen molar-refractivity contribution in [2.45, 2.75) is 39.8 Å². The largest absolute Gasteiger partial charge is 0.461 e. The summed E-state index contributed by atoms with van der Waals surface area (Å²) in [6.45, 7) is 12.3. The van der Waals surface area contributed by atoms with E-state index in [1.165, 1.54) is 0 Å². The number of rotatable bonds is 5. The Kier molecular flexibility index (Phi) is 5.17. The average Bonchev–Trinajstić information content (AvgIpc) is 2.46. The first-order chi connectivity index (χ1) is 9.99. The zero-order chi connectivity index (χ0) is 15.4. The zero-order valence-electron chi connectivity index (χ0n) is 13.6. The maximum atomic E-state index is 5.61. The number of anilines is 2. The molecule has 0 bridgehead atoms. The van der Waals surface area contributed by atoms with Gasteiger partial charge in [0.05, 0.1) is 6.10 Å². The summed E-state index contributed by atoms with van der Waals surface area (Å²) in [7, 11) is 1.80. The van der Waals surface area contributed by atoms with Crippen molar-refractivity contribution in [2.75, 3.05) is 43.4 Å². The lowest BCUT2D eigenvalue weighted by Crippen LogP contribution is -2.49. The standard InChI is InChI=1S/C14H26N6O/c1-10(2)19-6-8-20(9-7-19)13-16-12(15-5)17-14(18-13)21-11(3)4/h10-11H,6-9H2,1-5H3,(H,15,16,17,18). The van der Waals surface area contributed by atoms with Gasteiger partial charge in [-0.1, -0.05) is 0 Å². The number of ether oxygens (including phenoxy) is 1. The van der Waals surface area contributed by atoms with Gasteiger partial charge in [0.15, 0.2) is 0 Å². The van der Waals surface area contributed by atoms with Gasteiger partial charge in [0.1, 0.15) is 0 Å². The third kappa shape index (κ3) is 4.17. The maximum absolute atomic E-state index is 5.61. The molecule has 0 atom stereocenters. The molecule has 2 heterocycles. The second kappa shape index (κ2) is 6.89. The number of aromatic nitrogens is 3. The van der Waals surface area contributed by atoms with Gasteiger partial charge >= 0.3 is 6.01 Å². The van der Waals surface area contributed by atoms with Gasteiger partial charge in [0, 0.05) is 39.3 Å². The van der Waals surface area contributed by atoms with E-state index in [9.17, 15) is 0 Å². The summed E-state index contributed by atoms with van der Waals surface area (Å²) in [4.78, 5) is 17.8. The Morgan fingerprint density at radius 1 is 1.00 bits per heavy atom. The molecule has 118 valence electrons. The van der Waals surface area contributed by atoms with Crippen LogP contribution in [0.3, 0.4) is 0 Å². The highest BCUT2D eigenvalue weighted by molar-refractivity contribution is 5.38. The molecule has 0 unspecified atom stereocenters. The van der Waals surface area contributed by atoms with Crippen molar-refractivity contribution in [1.82, 2.24) is 19.9 Å². The van der Waals surface area contributed by atoms with Gasteiger partial charge in [-0.05, 0) is 27.7 Å². The van der Waals surface area contributed by atoms with Crippen molar-refractivity contribution in [3.63, 3.8) is 0 Å². The lowest BCUT2D eigenvalue weighted by Gasteiger charge is -2.36. The smallest absolute Gasteiger partial charge is 0.323 e. The third-order valence-corrected chi connectivity index (χ3v) is 3.50. The molecule has 1 aromatic heterocycles. The van der Waals surface area contributed by atoms with Crippen LogP contribution in [0, 0.1) is 0 Å². The minimum absolute atomic E-state index is 0.0442. The van der Waals surface area contributed by atoms with Crippen LogP contribution in [-0.2, 0) is 0 Å². The highest BCUT2D eigenvalue weighted by Gasteiger charge is 2.22. The molecule has 1 N–H and O–H groups in total. The fraction of sp³-hybridized carbons (Fsp3) is 0.786. The summed E-state index contributed by atoms with van der Waals surface area (Å²) in [5.41, 5.74) is 0. The molecule has 1 saturated heterocycles. The minimum Gasteiger partial charge on any atom is -0.461 e. The van der Waals surface area contributed by atoms with Crippen LogP contribution >= 0.6 is 0 Å². The Morgan fingerprint density at radius 3 is 2.19 bits per heavy atom. The van der Waals surface area contributed by atoms with E-state index < -0.39 is 0 Å². The molecule has 7 nitrogen and oxygen atoms in total. The second-order valence-corrected chi connectivity index (χ2v) is 5.77. The van der Waals surface area contributed by atoms with E-state index in [0.717, 1.165) is 26.2 Å². The van der Waals surface area contributed by atoms with Crippen LogP contribution in [0.1, 0.15) is 27.7 Å². The molecule has 0 saturated carbocycles. The summed E-state index contributed by atoms with van der Waals surface area (Å²) >= 11 is 0. The number of hydrogen-bond acceptors (Lipinski definition) is 7. The monoisotopic (exact) mass is 294 g/mol. The fourth-order valence-corrected chi connectivity index (χ4v) is 2.30. The maximum Gasteiger partial charge on any atom is 0.323 e. The van der Waals surface area contributed by atoms with Crippen LogP contribution in [0.5, 0.6) is 6.01 Å². The summed E-state index contributed by atoms with van der Waals surface area (Å²) in [6.07, 6.45) is 0.0442. The topological polar surface area (TPSA) is 66.4 Å². The second-order valence-electron chi connectivity index (χ2n) is 5.77. The van der Waals surface area contributed by atoms with Gasteiger partial charge in [-0.15, -0.1) is 0 Å². The van der Waals surface area contributed by atoms with E-state index in [-0.39, 0.29) is 6.10 Å². The fourth-order valence-electron chi connectivity index (χ4n) is 2.30. The van der Waals surface area contributed by atoms with Gasteiger partial charge < -0.3 is 15.0 Å². The Hall–Kier alpha value is -1.63. The molecule has 21 heavy (non-hydrogen) atoms. The number of piperazine rings is 1. The predicted octanol–water partition coefficient (Wildman–Crippen LogP) is 1.23. The molecule has 1 aliphatic rings. The van der Waals surface area contributed by atoms with Crippen molar-refractivity contribution in [1.29, 1.82) is 0 Å². The van der Waals surface area contributed by atoms with Crippen LogP contribution < -0.4 is 15.0 Å². The van der Waals surface area contributed by atoms with Crippen molar-refractivity contribution in [3.8, 4) is 6.01 Å². The Bertz CT molecular complexity index is 457. The first-order valence-corrected chi connectivity index (χ1v) is 7.59. The summed E-state index contributed by atoms with van der Waals surface area (Å²) in [5, 5.41) is 2.97. The van der Waals surface area contributed by atoms with Crippen molar-refractivity contribution >= 4 is 11.9 Å². The zero-order valence-corrected chi connectivity index (χ0v) is 13.6. The average molecular weight is 294 g/mol. The van der Waals surface area contributed by atoms with E-state index >= 15 is 0 Å². The summed E-state index contributed by atoms with van der Waals surface area (Å²) in [6, 6.07) is 0.962. The third-order valence-electron chi connectivity index (χ3n) is 3.50. The van der Waals surface area contributed by atoms with Crippen molar-refractivity contribution in [3.05, 3.63) is 0 Å². The summed E-state index contributed by atoms with van der Waals surface area (Å²) < 4.78 is 5.61. The Labute approximate surface area is 126 Å². The van der Waals surface area contributed by atoms with Crippen molar-refractivity contribution < 1.29 is 4.74 Å². The molecule has 1 aromatic rings. The van der Waals surface area contributed by atoms with Crippen LogP contribution in [0.2, 0.25) is 0 Å². The molecular formula is C14H26N6O. The Morgan fingerprint density at radius 2 is 1.67 bits per heavy atom. The quantitative estimate of drug-likeness (QED) is 0.876. The Balaban J connectivity index is 2.12. The van der Waals surface area contributed by atoms with Gasteiger partial charge in [0.25, 0.3) is 0 Å². The molecule has 0 aromatic carbocycles. The van der Waals surface area contributed by atoms with E-state index in [0.29, 0.717) is 23.9 Å². The van der Waals surface area contributed by atoms with Gasteiger partial charge in [0.2, 0.25) is 11.9 Å². The minimum atomic E-state index is 0.0442. The molecule has 0 aliphatic carbocycles. The number of nitrogens with zero attached hydrogens (tertiary/aromatic N) is 5. The SMILES string of the molecule is CNc1nc(OC(C)C)nc(N2CCN(C(C)C)CC2)n1. The lowest BCUT2D eigenvalue weighted by atomic mass is 10.2. The molecule has 1 fully saturated rings. The van der Waals surface area contributed by atoms with Crippen LogP contribution in [-0.4, -0.2) is 65.2 Å². The number of hydrogen-bond donors (Lipinski definition) is 1. The first kappa shape index (κ1) is 15.8. The highest BCUT2D eigenvalue weighted by atomic mass is 16.5. The van der Waals surface area contributed by atoms with Gasteiger partial charge in [-0.25, -0.2) is 0 Å². The summed E-state index contributed by atoms with van der Waals surface area (Å²) in [5.74, 6) is 1.23. The number of nitrogens with one attached hydrogen (secondary N) is 1. The van der Waals surface area contributed by atoms with E-state index in [2.05, 4.69) is 43.9 Å². The molecule has 1 aliphatic heterocycles. The molecule has 0 amide bonds. The molecule has 7 heteroatoms. The molecule has 0 radical (unpaired) electrons. The molecule has 0 spiro atoms. The highest BCUT2D eigenvalue weighted by Crippen LogP contribution is 2.18. The molecular weight excluding hydrogens is 268 g/mol. The van der Waals surface area contributed by atoms with Crippen LogP contribution in [0.15, 0.2) is 0 Å². The first-order valence-electron chi connectivity index (χ1n) is 7.59. The predicted molar refractivity (Wildman–Crippen MR) is 84.1 cm³/mol. The van der Waals surface area contributed by atoms with Gasteiger partial charge in [-0.2, -0.15) is 15.0 Å². The van der Waals surface area contributed by atoms with Gasteiger partial charge in [-0.3, -0.25) is 4.90 Å². The molecule has 2 rings (SSSR count). The van der Waals surface area contributed by atoms with E-state index in [4.69, 9.17) is 4.74 Å². The van der Waals surface area contributed by atoms with E-state index in [1.54, 1.807) is 7.05 Å². The van der Waals surface area contributed by atoms with Crippen LogP contribution in [0.25, 0.3) is 0 Å². The lowest BCUT2D eigenvalue weighted by molar-refractivity contribution is 0.206. The van der Waals surface area contributed by atoms with Crippen molar-refractivity contribution in [2.24, 2.45) is 0 Å². The normalized spacial score (nSPS) is 16.6. The van der Waals surface area contributed by atoms with E-state index in [1.807, 2.05) is 13.8 Å². The van der Waals surface area contributed by atoms with Crippen LogP contribution in [0.4, 0.5) is 11.9 Å².